The maximum Gasteiger partial charge on any atom is 0.358 e. The zero-order valence-corrected chi connectivity index (χ0v) is 17.3. The minimum atomic E-state index is -0.644. The summed E-state index contributed by atoms with van der Waals surface area (Å²) >= 11 is 0. The summed E-state index contributed by atoms with van der Waals surface area (Å²) in [7, 11) is 1.32. The Morgan fingerprint density at radius 2 is 1.86 bits per heavy atom. The van der Waals surface area contributed by atoms with Crippen LogP contribution in [0.15, 0.2) is 36.7 Å². The lowest BCUT2D eigenvalue weighted by atomic mass is 9.96. The van der Waals surface area contributed by atoms with Crippen LogP contribution in [0.3, 0.4) is 0 Å². The first-order chi connectivity index (χ1) is 13.8. The number of ether oxygens (including phenoxy) is 2. The molecular formula is C22H29N3O4. The van der Waals surface area contributed by atoms with Crippen LogP contribution in [0.25, 0.3) is 11.3 Å². The second kappa shape index (κ2) is 9.33. The number of carbonyl (C=O) groups is 1. The molecule has 3 rings (SSSR count). The average Bonchev–Trinajstić information content (AvgIpc) is 2.72. The Labute approximate surface area is 171 Å². The zero-order valence-electron chi connectivity index (χ0n) is 17.3. The van der Waals surface area contributed by atoms with Crippen molar-refractivity contribution in [3.63, 3.8) is 0 Å². The number of nitrogens with zero attached hydrogens (tertiary/aromatic N) is 3. The fraction of sp³-hybridized carbons (Fsp3) is 0.500. The van der Waals surface area contributed by atoms with E-state index in [0.717, 1.165) is 37.2 Å². The van der Waals surface area contributed by atoms with Gasteiger partial charge in [-0.15, -0.1) is 0 Å². The third kappa shape index (κ3) is 6.24. The Balaban J connectivity index is 1.48. The molecule has 2 heterocycles. The topological polar surface area (TPSA) is 84.8 Å². The lowest BCUT2D eigenvalue weighted by Gasteiger charge is -2.35. The van der Waals surface area contributed by atoms with E-state index in [1.54, 1.807) is 6.20 Å². The number of methoxy groups -OCH3 is 1. The molecule has 1 fully saturated rings. The molecule has 1 aliphatic heterocycles. The minimum Gasteiger partial charge on any atom is -0.493 e. The number of hydrogen-bond acceptors (Lipinski definition) is 7. The van der Waals surface area contributed by atoms with Crippen molar-refractivity contribution in [1.82, 2.24) is 14.9 Å². The molecule has 1 aromatic heterocycles. The molecule has 1 N–H and O–H groups in total. The van der Waals surface area contributed by atoms with E-state index in [1.807, 2.05) is 38.1 Å². The Morgan fingerprint density at radius 3 is 2.41 bits per heavy atom. The molecule has 1 saturated heterocycles. The Hall–Kier alpha value is -2.51. The monoisotopic (exact) mass is 399 g/mol. The summed E-state index contributed by atoms with van der Waals surface area (Å²) < 4.78 is 10.6. The highest BCUT2D eigenvalue weighted by Gasteiger charge is 2.24. The van der Waals surface area contributed by atoms with Gasteiger partial charge in [0, 0.05) is 12.1 Å². The molecule has 0 saturated carbocycles. The van der Waals surface area contributed by atoms with E-state index in [2.05, 4.69) is 19.6 Å². The van der Waals surface area contributed by atoms with Gasteiger partial charge in [-0.2, -0.15) is 0 Å². The number of hydrogen-bond donors (Lipinski definition) is 1. The molecule has 29 heavy (non-hydrogen) atoms. The molecule has 156 valence electrons. The van der Waals surface area contributed by atoms with Gasteiger partial charge < -0.3 is 19.5 Å². The van der Waals surface area contributed by atoms with Crippen molar-refractivity contribution in [3.05, 3.63) is 42.4 Å². The van der Waals surface area contributed by atoms with E-state index in [1.165, 1.54) is 13.3 Å². The standard InChI is InChI=1S/C22H29N3O4/c1-22(2,27)15-25-10-8-16(9-11-25)14-29-18-6-4-17(5-7-18)19-12-24-20(13-23-19)21(26)28-3/h4-7,12-13,16,27H,8-11,14-15H2,1-3H3. The maximum absolute atomic E-state index is 11.4. The number of aliphatic hydroxyl groups is 1. The van der Waals surface area contributed by atoms with Crippen LogP contribution >= 0.6 is 0 Å². The number of esters is 1. The Morgan fingerprint density at radius 1 is 1.17 bits per heavy atom. The average molecular weight is 399 g/mol. The van der Waals surface area contributed by atoms with Crippen molar-refractivity contribution in [1.29, 1.82) is 0 Å². The van der Waals surface area contributed by atoms with Gasteiger partial charge in [0.15, 0.2) is 5.69 Å². The number of β-amino-alcohol motifs (C(OH)–C–C–N with tert-alkyl or cyclic N) is 1. The summed E-state index contributed by atoms with van der Waals surface area (Å²) in [5, 5.41) is 9.95. The van der Waals surface area contributed by atoms with Crippen LogP contribution in [0.5, 0.6) is 5.75 Å². The van der Waals surface area contributed by atoms with Gasteiger partial charge in [0.05, 0.1) is 37.4 Å². The molecule has 0 aliphatic carbocycles. The zero-order chi connectivity index (χ0) is 20.9. The first-order valence-electron chi connectivity index (χ1n) is 9.92. The van der Waals surface area contributed by atoms with Gasteiger partial charge in [-0.05, 0) is 70.0 Å². The molecule has 0 bridgehead atoms. The molecule has 0 atom stereocenters. The van der Waals surface area contributed by atoms with E-state index in [0.29, 0.717) is 24.8 Å². The van der Waals surface area contributed by atoms with Gasteiger partial charge in [0.25, 0.3) is 0 Å². The molecule has 1 aliphatic rings. The van der Waals surface area contributed by atoms with Crippen molar-refractivity contribution < 1.29 is 19.4 Å². The van der Waals surface area contributed by atoms with Crippen LogP contribution in [0, 0.1) is 5.92 Å². The van der Waals surface area contributed by atoms with E-state index in [4.69, 9.17) is 4.74 Å². The van der Waals surface area contributed by atoms with Gasteiger partial charge in [0.1, 0.15) is 5.75 Å². The number of benzene rings is 1. The highest BCUT2D eigenvalue weighted by Crippen LogP contribution is 2.23. The van der Waals surface area contributed by atoms with Crippen molar-refractivity contribution in [2.75, 3.05) is 33.4 Å². The summed E-state index contributed by atoms with van der Waals surface area (Å²) in [4.78, 5) is 22.1. The molecule has 0 spiro atoms. The van der Waals surface area contributed by atoms with Crippen molar-refractivity contribution in [2.24, 2.45) is 5.92 Å². The predicted molar refractivity (Wildman–Crippen MR) is 110 cm³/mol. The Bertz CT molecular complexity index is 792. The number of rotatable bonds is 7. The van der Waals surface area contributed by atoms with Gasteiger partial charge in [-0.25, -0.2) is 9.78 Å². The molecule has 2 aromatic rings. The summed E-state index contributed by atoms with van der Waals surface area (Å²) in [5.41, 5.74) is 1.13. The van der Waals surface area contributed by atoms with Crippen molar-refractivity contribution in [2.45, 2.75) is 32.3 Å². The lowest BCUT2D eigenvalue weighted by molar-refractivity contribution is 0.0212. The van der Waals surface area contributed by atoms with Crippen LogP contribution < -0.4 is 4.74 Å². The molecule has 7 nitrogen and oxygen atoms in total. The minimum absolute atomic E-state index is 0.185. The largest absolute Gasteiger partial charge is 0.493 e. The highest BCUT2D eigenvalue weighted by atomic mass is 16.5. The first-order valence-corrected chi connectivity index (χ1v) is 9.92. The molecule has 1 aromatic carbocycles. The third-order valence-corrected chi connectivity index (χ3v) is 5.00. The number of likely N-dealkylation sites (tertiary alicyclic amines) is 1. The van der Waals surface area contributed by atoms with Crippen LogP contribution in [0.2, 0.25) is 0 Å². The fourth-order valence-corrected chi connectivity index (χ4v) is 3.48. The van der Waals surface area contributed by atoms with Gasteiger partial charge in [-0.1, -0.05) is 0 Å². The van der Waals surface area contributed by atoms with Gasteiger partial charge in [-0.3, -0.25) is 4.98 Å². The summed E-state index contributed by atoms with van der Waals surface area (Å²) in [6.45, 7) is 7.11. The Kier molecular flexibility index (Phi) is 6.82. The number of piperidine rings is 1. The van der Waals surface area contributed by atoms with Crippen molar-refractivity contribution >= 4 is 5.97 Å². The van der Waals surface area contributed by atoms with E-state index in [9.17, 15) is 9.90 Å². The summed E-state index contributed by atoms with van der Waals surface area (Å²) in [6.07, 6.45) is 5.13. The third-order valence-electron chi connectivity index (χ3n) is 5.00. The number of aromatic nitrogens is 2. The smallest absolute Gasteiger partial charge is 0.358 e. The van der Waals surface area contributed by atoms with Crippen LogP contribution in [-0.4, -0.2) is 64.9 Å². The summed E-state index contributed by atoms with van der Waals surface area (Å²) in [5.74, 6) is 0.856. The molecule has 0 amide bonds. The molecule has 0 unspecified atom stereocenters. The predicted octanol–water partition coefficient (Wildman–Crippen LogP) is 2.79. The molecule has 0 radical (unpaired) electrons. The first kappa shape index (κ1) is 21.2. The SMILES string of the molecule is COC(=O)c1cnc(-c2ccc(OCC3CCN(CC(C)(C)O)CC3)cc2)cn1. The van der Waals surface area contributed by atoms with Crippen LogP contribution in [0.1, 0.15) is 37.2 Å². The fourth-order valence-electron chi connectivity index (χ4n) is 3.48. The van der Waals surface area contributed by atoms with Gasteiger partial charge >= 0.3 is 5.97 Å². The second-order valence-electron chi connectivity index (χ2n) is 8.15. The van der Waals surface area contributed by atoms with E-state index in [-0.39, 0.29) is 5.69 Å². The second-order valence-corrected chi connectivity index (χ2v) is 8.15. The quantitative estimate of drug-likeness (QED) is 0.717. The molecule has 7 heteroatoms. The van der Waals surface area contributed by atoms with E-state index < -0.39 is 11.6 Å². The lowest BCUT2D eigenvalue weighted by Crippen LogP contribution is -2.43. The van der Waals surface area contributed by atoms with Gasteiger partial charge in [0.2, 0.25) is 0 Å². The normalized spacial score (nSPS) is 15.9. The molecular weight excluding hydrogens is 370 g/mol. The summed E-state index contributed by atoms with van der Waals surface area (Å²) in [6, 6.07) is 7.72. The van der Waals surface area contributed by atoms with E-state index >= 15 is 0 Å². The van der Waals surface area contributed by atoms with Crippen LogP contribution in [0.4, 0.5) is 0 Å². The highest BCUT2D eigenvalue weighted by molar-refractivity contribution is 5.86. The van der Waals surface area contributed by atoms with Crippen LogP contribution in [-0.2, 0) is 4.74 Å². The maximum atomic E-state index is 11.4. The number of carbonyl (C=O) groups excluding carboxylic acids is 1. The van der Waals surface area contributed by atoms with Crippen molar-refractivity contribution in [3.8, 4) is 17.0 Å².